The minimum Gasteiger partial charge on any atom is -0.493 e. The Morgan fingerprint density at radius 1 is 1.30 bits per heavy atom. The molecule has 0 saturated heterocycles. The fraction of sp³-hybridized carbons (Fsp3) is 0.474. The van der Waals surface area contributed by atoms with Crippen molar-refractivity contribution in [2.24, 2.45) is 5.92 Å². The number of aromatic nitrogens is 2. The van der Waals surface area contributed by atoms with Crippen LogP contribution in [0.1, 0.15) is 42.5 Å². The quantitative estimate of drug-likeness (QED) is 0.863. The first-order chi connectivity index (χ1) is 11.1. The van der Waals surface area contributed by atoms with Crippen LogP contribution in [0.3, 0.4) is 0 Å². The van der Waals surface area contributed by atoms with Gasteiger partial charge in [0.2, 0.25) is 0 Å². The molecule has 3 rings (SSSR count). The van der Waals surface area contributed by atoms with Crippen molar-refractivity contribution >= 4 is 0 Å². The van der Waals surface area contributed by atoms with E-state index in [0.717, 1.165) is 41.6 Å². The van der Waals surface area contributed by atoms with Gasteiger partial charge in [0.25, 0.3) is 0 Å². The third kappa shape index (κ3) is 3.46. The number of methoxy groups -OCH3 is 1. The summed E-state index contributed by atoms with van der Waals surface area (Å²) >= 11 is 0. The van der Waals surface area contributed by atoms with Crippen molar-refractivity contribution in [1.29, 1.82) is 0 Å². The largest absolute Gasteiger partial charge is 0.493 e. The van der Waals surface area contributed by atoms with Gasteiger partial charge in [0, 0.05) is 17.3 Å². The first-order valence-corrected chi connectivity index (χ1v) is 8.20. The maximum absolute atomic E-state index is 5.97. The lowest BCUT2D eigenvalue weighted by Gasteiger charge is -2.26. The monoisotopic (exact) mass is 312 g/mol. The Hall–Kier alpha value is -2.10. The van der Waals surface area contributed by atoms with E-state index in [1.165, 1.54) is 5.56 Å². The number of nitrogens with zero attached hydrogens (tertiary/aromatic N) is 2. The molecule has 1 aliphatic heterocycles. The Balaban J connectivity index is 1.77. The van der Waals surface area contributed by atoms with E-state index in [1.807, 2.05) is 19.1 Å². The van der Waals surface area contributed by atoms with Gasteiger partial charge in [-0.1, -0.05) is 26.0 Å². The van der Waals surface area contributed by atoms with Crippen LogP contribution in [0.15, 0.2) is 24.3 Å². The third-order valence-electron chi connectivity index (χ3n) is 4.25. The molecular formula is C19H24N2O2. The lowest BCUT2D eigenvalue weighted by molar-refractivity contribution is 0.210. The van der Waals surface area contributed by atoms with Gasteiger partial charge in [-0.15, -0.1) is 0 Å². The summed E-state index contributed by atoms with van der Waals surface area (Å²) in [7, 11) is 1.68. The first-order valence-electron chi connectivity index (χ1n) is 8.20. The van der Waals surface area contributed by atoms with Crippen LogP contribution in [-0.4, -0.2) is 23.7 Å². The van der Waals surface area contributed by atoms with E-state index in [9.17, 15) is 0 Å². The van der Waals surface area contributed by atoms with Crippen LogP contribution in [0, 0.1) is 12.8 Å². The van der Waals surface area contributed by atoms with E-state index in [2.05, 4.69) is 35.9 Å². The molecular weight excluding hydrogens is 288 g/mol. The number of hydrogen-bond donors (Lipinski definition) is 0. The molecule has 122 valence electrons. The normalized spacial score (nSPS) is 16.8. The summed E-state index contributed by atoms with van der Waals surface area (Å²) in [4.78, 5) is 9.13. The molecule has 0 saturated carbocycles. The van der Waals surface area contributed by atoms with Crippen molar-refractivity contribution in [3.05, 3.63) is 47.0 Å². The summed E-state index contributed by atoms with van der Waals surface area (Å²) in [6, 6.07) is 8.23. The van der Waals surface area contributed by atoms with Crippen molar-refractivity contribution in [3.63, 3.8) is 0 Å². The van der Waals surface area contributed by atoms with Gasteiger partial charge in [-0.05, 0) is 43.4 Å². The fourth-order valence-corrected chi connectivity index (χ4v) is 3.10. The molecule has 0 spiro atoms. The Morgan fingerprint density at radius 3 is 2.87 bits per heavy atom. The van der Waals surface area contributed by atoms with Crippen molar-refractivity contribution < 1.29 is 9.47 Å². The second kappa shape index (κ2) is 6.57. The zero-order valence-electron chi connectivity index (χ0n) is 14.3. The topological polar surface area (TPSA) is 44.2 Å². The second-order valence-corrected chi connectivity index (χ2v) is 6.52. The zero-order valence-corrected chi connectivity index (χ0v) is 14.3. The number of benzene rings is 1. The van der Waals surface area contributed by atoms with E-state index in [4.69, 9.17) is 9.47 Å². The minimum atomic E-state index is 0.419. The lowest BCUT2D eigenvalue weighted by atomic mass is 9.92. The van der Waals surface area contributed by atoms with Crippen LogP contribution in [-0.2, 0) is 12.8 Å². The van der Waals surface area contributed by atoms with E-state index in [0.29, 0.717) is 18.4 Å². The smallest absolute Gasteiger partial charge is 0.164 e. The molecule has 0 amide bonds. The van der Waals surface area contributed by atoms with Gasteiger partial charge < -0.3 is 9.47 Å². The molecule has 1 aromatic heterocycles. The first kappa shape index (κ1) is 15.8. The fourth-order valence-electron chi connectivity index (χ4n) is 3.10. The van der Waals surface area contributed by atoms with Crippen LogP contribution in [0.5, 0.6) is 11.5 Å². The van der Waals surface area contributed by atoms with Gasteiger partial charge in [0.05, 0.1) is 13.7 Å². The number of fused-ring (bicyclic) bond motifs is 1. The summed E-state index contributed by atoms with van der Waals surface area (Å²) in [6.07, 6.45) is 1.91. The summed E-state index contributed by atoms with van der Waals surface area (Å²) in [5.74, 6) is 3.42. The van der Waals surface area contributed by atoms with Gasteiger partial charge >= 0.3 is 0 Å². The van der Waals surface area contributed by atoms with Crippen LogP contribution in [0.2, 0.25) is 0 Å². The van der Waals surface area contributed by atoms with Crippen LogP contribution in [0.25, 0.3) is 0 Å². The van der Waals surface area contributed by atoms with Gasteiger partial charge in [-0.25, -0.2) is 9.97 Å². The van der Waals surface area contributed by atoms with E-state index in [1.54, 1.807) is 7.11 Å². The standard InChI is InChI=1S/C19H24N2O2/c1-12(2)17-10-16(20-13(3)21-17)9-14-8-15-6-5-7-18(22-4)19(15)23-11-14/h5-7,10,12,14H,8-9,11H2,1-4H3. The molecule has 23 heavy (non-hydrogen) atoms. The molecule has 1 aromatic carbocycles. The number of rotatable bonds is 4. The minimum absolute atomic E-state index is 0.419. The average molecular weight is 312 g/mol. The average Bonchev–Trinajstić information content (AvgIpc) is 2.53. The summed E-state index contributed by atoms with van der Waals surface area (Å²) in [5.41, 5.74) is 3.45. The predicted octanol–water partition coefficient (Wildman–Crippen LogP) is 3.71. The lowest BCUT2D eigenvalue weighted by Crippen LogP contribution is -2.23. The molecule has 1 unspecified atom stereocenters. The molecule has 0 bridgehead atoms. The van der Waals surface area contributed by atoms with E-state index < -0.39 is 0 Å². The maximum Gasteiger partial charge on any atom is 0.164 e. The highest BCUT2D eigenvalue weighted by atomic mass is 16.5. The Labute approximate surface area is 137 Å². The Morgan fingerprint density at radius 2 is 2.13 bits per heavy atom. The second-order valence-electron chi connectivity index (χ2n) is 6.52. The highest BCUT2D eigenvalue weighted by molar-refractivity contribution is 5.47. The number of ether oxygens (including phenoxy) is 2. The van der Waals surface area contributed by atoms with Gasteiger partial charge in [0.15, 0.2) is 11.5 Å². The van der Waals surface area contributed by atoms with Crippen molar-refractivity contribution in [2.45, 2.75) is 39.5 Å². The number of hydrogen-bond acceptors (Lipinski definition) is 4. The molecule has 4 nitrogen and oxygen atoms in total. The van der Waals surface area contributed by atoms with Gasteiger partial charge in [-0.3, -0.25) is 0 Å². The molecule has 0 fully saturated rings. The molecule has 4 heteroatoms. The molecule has 2 heterocycles. The van der Waals surface area contributed by atoms with Crippen LogP contribution < -0.4 is 9.47 Å². The molecule has 1 aliphatic rings. The molecule has 0 N–H and O–H groups in total. The van der Waals surface area contributed by atoms with E-state index >= 15 is 0 Å². The summed E-state index contributed by atoms with van der Waals surface area (Å²) in [5, 5.41) is 0. The maximum atomic E-state index is 5.97. The zero-order chi connectivity index (χ0) is 16.4. The van der Waals surface area contributed by atoms with Crippen molar-refractivity contribution in [3.8, 4) is 11.5 Å². The molecule has 0 radical (unpaired) electrons. The SMILES string of the molecule is COc1cccc2c1OCC(Cc1cc(C(C)C)nc(C)n1)C2. The molecule has 0 aliphatic carbocycles. The summed E-state index contributed by atoms with van der Waals surface area (Å²) in [6.45, 7) is 7.00. The van der Waals surface area contributed by atoms with Crippen molar-refractivity contribution in [1.82, 2.24) is 9.97 Å². The number of aryl methyl sites for hydroxylation is 1. The highest BCUT2D eigenvalue weighted by Crippen LogP contribution is 2.36. The van der Waals surface area contributed by atoms with Crippen molar-refractivity contribution in [2.75, 3.05) is 13.7 Å². The molecule has 2 aromatic rings. The van der Waals surface area contributed by atoms with Crippen LogP contribution >= 0.6 is 0 Å². The Bertz CT molecular complexity index is 698. The number of para-hydroxylation sites is 1. The van der Waals surface area contributed by atoms with Crippen LogP contribution in [0.4, 0.5) is 0 Å². The molecule has 1 atom stereocenters. The predicted molar refractivity (Wildman–Crippen MR) is 90.2 cm³/mol. The van der Waals surface area contributed by atoms with Gasteiger partial charge in [0.1, 0.15) is 5.82 Å². The van der Waals surface area contributed by atoms with E-state index in [-0.39, 0.29) is 0 Å². The highest BCUT2D eigenvalue weighted by Gasteiger charge is 2.23. The summed E-state index contributed by atoms with van der Waals surface area (Å²) < 4.78 is 11.3. The Kier molecular flexibility index (Phi) is 4.51. The van der Waals surface area contributed by atoms with Gasteiger partial charge in [-0.2, -0.15) is 0 Å². The third-order valence-corrected chi connectivity index (χ3v) is 4.25.